The smallest absolute Gasteiger partial charge is 0.148 e. The van der Waals surface area contributed by atoms with Gasteiger partial charge in [-0.05, 0) is 24.1 Å². The Labute approximate surface area is 119 Å². The minimum absolute atomic E-state index is 0.207. The van der Waals surface area contributed by atoms with Gasteiger partial charge in [-0.3, -0.25) is 0 Å². The van der Waals surface area contributed by atoms with Crippen molar-refractivity contribution in [2.24, 2.45) is 0 Å². The van der Waals surface area contributed by atoms with E-state index in [1.165, 1.54) is 0 Å². The highest BCUT2D eigenvalue weighted by Crippen LogP contribution is 2.38. The fourth-order valence-corrected chi connectivity index (χ4v) is 2.55. The average molecular weight is 266 g/mol. The molecule has 3 rings (SSSR count). The number of para-hydroxylation sites is 1. The van der Waals surface area contributed by atoms with Crippen molar-refractivity contribution in [2.45, 2.75) is 25.6 Å². The molecule has 0 saturated carbocycles. The van der Waals surface area contributed by atoms with E-state index in [1.54, 1.807) is 0 Å². The first-order chi connectivity index (χ1) is 9.79. The highest BCUT2D eigenvalue weighted by Gasteiger charge is 2.27. The second-order valence-corrected chi connectivity index (χ2v) is 5.01. The number of hydrogen-bond donors (Lipinski definition) is 1. The maximum Gasteiger partial charge on any atom is 0.148 e. The Balaban J connectivity index is 2.06. The lowest BCUT2D eigenvalue weighted by molar-refractivity contribution is 0.153. The Bertz CT molecular complexity index is 616. The number of benzene rings is 2. The van der Waals surface area contributed by atoms with Crippen LogP contribution in [0.3, 0.4) is 0 Å². The monoisotopic (exact) mass is 266 g/mol. The Kier molecular flexibility index (Phi) is 3.57. The van der Waals surface area contributed by atoms with E-state index in [0.717, 1.165) is 22.4 Å². The maximum absolute atomic E-state index is 10.3. The zero-order chi connectivity index (χ0) is 13.9. The van der Waals surface area contributed by atoms with Crippen LogP contribution in [0.25, 0.3) is 6.08 Å². The normalized spacial score (nSPS) is 18.7. The summed E-state index contributed by atoms with van der Waals surface area (Å²) in [6.45, 7) is 1.98. The molecule has 1 heterocycles. The van der Waals surface area contributed by atoms with Gasteiger partial charge in [0.25, 0.3) is 0 Å². The van der Waals surface area contributed by atoms with Crippen molar-refractivity contribution in [3.63, 3.8) is 0 Å². The van der Waals surface area contributed by atoms with Crippen molar-refractivity contribution in [2.75, 3.05) is 0 Å². The van der Waals surface area contributed by atoms with Crippen LogP contribution in [0, 0.1) is 0 Å². The minimum atomic E-state index is -0.478. The molecule has 0 radical (unpaired) electrons. The van der Waals surface area contributed by atoms with Crippen molar-refractivity contribution >= 4 is 6.08 Å². The van der Waals surface area contributed by atoms with Gasteiger partial charge in [0.2, 0.25) is 0 Å². The third kappa shape index (κ3) is 2.35. The van der Waals surface area contributed by atoms with E-state index in [1.807, 2.05) is 61.5 Å². The lowest BCUT2D eigenvalue weighted by Crippen LogP contribution is -2.23. The van der Waals surface area contributed by atoms with Crippen molar-refractivity contribution in [3.05, 3.63) is 71.3 Å². The summed E-state index contributed by atoms with van der Waals surface area (Å²) >= 11 is 0. The lowest BCUT2D eigenvalue weighted by Gasteiger charge is -2.30. The van der Waals surface area contributed by atoms with E-state index in [9.17, 15) is 5.11 Å². The number of fused-ring (bicyclic) bond motifs is 1. The van der Waals surface area contributed by atoms with E-state index in [-0.39, 0.29) is 6.10 Å². The van der Waals surface area contributed by atoms with Gasteiger partial charge >= 0.3 is 0 Å². The fraction of sp³-hybridized carbons (Fsp3) is 0.222. The first-order valence-electron chi connectivity index (χ1n) is 6.99. The molecule has 0 fully saturated rings. The van der Waals surface area contributed by atoms with Crippen LogP contribution in [-0.2, 0) is 0 Å². The Morgan fingerprint density at radius 2 is 1.75 bits per heavy atom. The van der Waals surface area contributed by atoms with Gasteiger partial charge in [0.15, 0.2) is 0 Å². The zero-order valence-electron chi connectivity index (χ0n) is 11.5. The van der Waals surface area contributed by atoms with Crippen molar-refractivity contribution < 1.29 is 9.84 Å². The molecular weight excluding hydrogens is 248 g/mol. The Morgan fingerprint density at radius 3 is 2.50 bits per heavy atom. The summed E-state index contributed by atoms with van der Waals surface area (Å²) in [6.07, 6.45) is 2.06. The predicted molar refractivity (Wildman–Crippen MR) is 80.5 cm³/mol. The molecule has 0 unspecified atom stereocenters. The molecule has 2 aromatic rings. The lowest BCUT2D eigenvalue weighted by atomic mass is 9.91. The molecule has 2 aromatic carbocycles. The van der Waals surface area contributed by atoms with E-state index in [4.69, 9.17) is 4.74 Å². The molecule has 1 aliphatic heterocycles. The van der Waals surface area contributed by atoms with Crippen LogP contribution in [-0.4, -0.2) is 11.2 Å². The SMILES string of the molecule is CC[C@@H](O)C1=Cc2ccccc2O[C@@H]1c1ccccc1. The number of ether oxygens (including phenoxy) is 1. The molecule has 0 amide bonds. The molecule has 2 atom stereocenters. The second-order valence-electron chi connectivity index (χ2n) is 5.01. The fourth-order valence-electron chi connectivity index (χ4n) is 2.55. The summed E-state index contributed by atoms with van der Waals surface area (Å²) in [5.74, 6) is 0.869. The molecule has 2 heteroatoms. The summed E-state index contributed by atoms with van der Waals surface area (Å²) in [7, 11) is 0. The van der Waals surface area contributed by atoms with Crippen LogP contribution in [0.15, 0.2) is 60.2 Å². The van der Waals surface area contributed by atoms with E-state index >= 15 is 0 Å². The molecule has 0 spiro atoms. The second kappa shape index (κ2) is 5.51. The molecule has 0 saturated heterocycles. The Morgan fingerprint density at radius 1 is 1.05 bits per heavy atom. The third-order valence-electron chi connectivity index (χ3n) is 3.66. The largest absolute Gasteiger partial charge is 0.481 e. The van der Waals surface area contributed by atoms with Crippen LogP contribution in [0.5, 0.6) is 5.75 Å². The summed E-state index contributed by atoms with van der Waals surface area (Å²) in [5.41, 5.74) is 3.03. The van der Waals surface area contributed by atoms with Crippen molar-refractivity contribution in [1.29, 1.82) is 0 Å². The number of rotatable bonds is 3. The molecule has 0 bridgehead atoms. The molecule has 1 N–H and O–H groups in total. The van der Waals surface area contributed by atoms with Gasteiger partial charge in [-0.1, -0.05) is 55.5 Å². The summed E-state index contributed by atoms with van der Waals surface area (Å²) in [6, 6.07) is 18.0. The number of hydrogen-bond acceptors (Lipinski definition) is 2. The zero-order valence-corrected chi connectivity index (χ0v) is 11.5. The molecule has 20 heavy (non-hydrogen) atoms. The molecular formula is C18H18O2. The highest BCUT2D eigenvalue weighted by atomic mass is 16.5. The molecule has 0 aromatic heterocycles. The van der Waals surface area contributed by atoms with E-state index in [2.05, 4.69) is 6.08 Å². The van der Waals surface area contributed by atoms with E-state index in [0.29, 0.717) is 6.42 Å². The maximum atomic E-state index is 10.3. The summed E-state index contributed by atoms with van der Waals surface area (Å²) in [4.78, 5) is 0. The molecule has 0 aliphatic carbocycles. The third-order valence-corrected chi connectivity index (χ3v) is 3.66. The van der Waals surface area contributed by atoms with Gasteiger partial charge in [-0.15, -0.1) is 0 Å². The van der Waals surface area contributed by atoms with Crippen LogP contribution in [0.4, 0.5) is 0 Å². The van der Waals surface area contributed by atoms with E-state index < -0.39 is 6.10 Å². The van der Waals surface area contributed by atoms with Crippen molar-refractivity contribution in [3.8, 4) is 5.75 Å². The molecule has 102 valence electrons. The summed E-state index contributed by atoms with van der Waals surface area (Å²) in [5, 5.41) is 10.3. The van der Waals surface area contributed by atoms with Crippen LogP contribution in [0.1, 0.15) is 30.6 Å². The predicted octanol–water partition coefficient (Wildman–Crippen LogP) is 3.97. The topological polar surface area (TPSA) is 29.5 Å². The van der Waals surface area contributed by atoms with Crippen LogP contribution >= 0.6 is 0 Å². The van der Waals surface area contributed by atoms with Gasteiger partial charge < -0.3 is 9.84 Å². The number of aliphatic hydroxyl groups is 1. The van der Waals surface area contributed by atoms with Gasteiger partial charge in [0.05, 0.1) is 6.10 Å². The quantitative estimate of drug-likeness (QED) is 0.910. The first kappa shape index (κ1) is 12.9. The average Bonchev–Trinajstić information content (AvgIpc) is 2.53. The Hall–Kier alpha value is -2.06. The number of aliphatic hydroxyl groups excluding tert-OH is 1. The van der Waals surface area contributed by atoms with Gasteiger partial charge in [-0.2, -0.15) is 0 Å². The molecule has 1 aliphatic rings. The van der Waals surface area contributed by atoms with Gasteiger partial charge in [-0.25, -0.2) is 0 Å². The first-order valence-corrected chi connectivity index (χ1v) is 6.99. The van der Waals surface area contributed by atoms with Gasteiger partial charge in [0, 0.05) is 11.1 Å². The van der Waals surface area contributed by atoms with Crippen molar-refractivity contribution in [1.82, 2.24) is 0 Å². The van der Waals surface area contributed by atoms with Crippen LogP contribution in [0.2, 0.25) is 0 Å². The standard InChI is InChI=1S/C18H18O2/c1-2-16(19)15-12-14-10-6-7-11-17(14)20-18(15)13-8-4-3-5-9-13/h3-12,16,18-19H,2H2,1H3/t16-,18-/m1/s1. The van der Waals surface area contributed by atoms with Crippen LogP contribution < -0.4 is 4.74 Å². The van der Waals surface area contributed by atoms with Gasteiger partial charge in [0.1, 0.15) is 11.9 Å². The minimum Gasteiger partial charge on any atom is -0.481 e. The summed E-state index contributed by atoms with van der Waals surface area (Å²) < 4.78 is 6.13. The highest BCUT2D eigenvalue weighted by molar-refractivity contribution is 5.64. The molecule has 2 nitrogen and oxygen atoms in total.